The molecule has 1 aromatic carbocycles. The van der Waals surface area contributed by atoms with Crippen molar-refractivity contribution in [2.45, 2.75) is 25.8 Å². The van der Waals surface area contributed by atoms with Gasteiger partial charge in [0.1, 0.15) is 11.6 Å². The number of thiazole rings is 1. The van der Waals surface area contributed by atoms with Crippen molar-refractivity contribution < 1.29 is 13.6 Å². The van der Waals surface area contributed by atoms with Crippen LogP contribution in [0.3, 0.4) is 0 Å². The Labute approximate surface area is 125 Å². The number of carbonyl (C=O) groups excluding carboxylic acids is 1. The average molecular weight is 311 g/mol. The number of halogens is 2. The Morgan fingerprint density at radius 3 is 2.76 bits per heavy atom. The largest absolute Gasteiger partial charge is 0.318 e. The second kappa shape index (κ2) is 5.87. The van der Waals surface area contributed by atoms with E-state index < -0.39 is 17.2 Å². The zero-order chi connectivity index (χ0) is 15.6. The SMILES string of the molecule is CC(C)(N)C(=O)Nc1ncc(Cc2ccc(F)cc2F)s1. The fraction of sp³-hybridized carbons (Fsp3) is 0.286. The van der Waals surface area contributed by atoms with Gasteiger partial charge >= 0.3 is 0 Å². The van der Waals surface area contributed by atoms with E-state index in [0.717, 1.165) is 10.9 Å². The van der Waals surface area contributed by atoms with Crippen LogP contribution in [-0.4, -0.2) is 16.4 Å². The molecule has 0 atom stereocenters. The van der Waals surface area contributed by atoms with Crippen LogP contribution in [0.25, 0.3) is 0 Å². The standard InChI is InChI=1S/C14H15F2N3OS/c1-14(2,17)12(20)19-13-18-7-10(21-13)5-8-3-4-9(15)6-11(8)16/h3-4,6-7H,5,17H2,1-2H3,(H,18,19,20). The molecule has 0 aliphatic heterocycles. The monoisotopic (exact) mass is 311 g/mol. The number of amides is 1. The second-order valence-electron chi connectivity index (χ2n) is 5.22. The van der Waals surface area contributed by atoms with E-state index in [2.05, 4.69) is 10.3 Å². The molecule has 2 rings (SSSR count). The first-order valence-corrected chi connectivity index (χ1v) is 7.06. The highest BCUT2D eigenvalue weighted by molar-refractivity contribution is 7.15. The van der Waals surface area contributed by atoms with Crippen molar-refractivity contribution in [2.75, 3.05) is 5.32 Å². The quantitative estimate of drug-likeness (QED) is 0.912. The molecule has 1 aromatic heterocycles. The normalized spacial score (nSPS) is 11.5. The molecule has 21 heavy (non-hydrogen) atoms. The number of aromatic nitrogens is 1. The first kappa shape index (κ1) is 15.5. The van der Waals surface area contributed by atoms with Gasteiger partial charge in [0.25, 0.3) is 0 Å². The van der Waals surface area contributed by atoms with Crippen molar-refractivity contribution in [3.8, 4) is 0 Å². The number of hydrogen-bond acceptors (Lipinski definition) is 4. The molecule has 4 nitrogen and oxygen atoms in total. The Kier molecular flexibility index (Phi) is 4.34. The minimum atomic E-state index is -1.01. The third kappa shape index (κ3) is 4.05. The molecule has 0 spiro atoms. The first-order chi connectivity index (χ1) is 9.75. The number of nitrogens with one attached hydrogen (secondary N) is 1. The molecule has 0 saturated heterocycles. The van der Waals surface area contributed by atoms with Gasteiger partial charge in [-0.25, -0.2) is 13.8 Å². The number of hydrogen-bond donors (Lipinski definition) is 2. The first-order valence-electron chi connectivity index (χ1n) is 6.24. The number of rotatable bonds is 4. The predicted octanol–water partition coefficient (Wildman–Crippen LogP) is 2.69. The molecule has 1 heterocycles. The van der Waals surface area contributed by atoms with E-state index >= 15 is 0 Å². The maximum Gasteiger partial charge on any atom is 0.245 e. The molecule has 3 N–H and O–H groups in total. The molecule has 0 saturated carbocycles. The smallest absolute Gasteiger partial charge is 0.245 e. The summed E-state index contributed by atoms with van der Waals surface area (Å²) >= 11 is 1.23. The topological polar surface area (TPSA) is 68.0 Å². The van der Waals surface area contributed by atoms with E-state index in [1.165, 1.54) is 23.5 Å². The lowest BCUT2D eigenvalue weighted by Crippen LogP contribution is -2.45. The lowest BCUT2D eigenvalue weighted by Gasteiger charge is -2.16. The third-order valence-electron chi connectivity index (χ3n) is 2.74. The fourth-order valence-electron chi connectivity index (χ4n) is 1.56. The Morgan fingerprint density at radius 2 is 2.14 bits per heavy atom. The summed E-state index contributed by atoms with van der Waals surface area (Å²) < 4.78 is 26.4. The highest BCUT2D eigenvalue weighted by Gasteiger charge is 2.22. The molecule has 0 unspecified atom stereocenters. The Bertz CT molecular complexity index is 664. The van der Waals surface area contributed by atoms with Gasteiger partial charge in [-0.2, -0.15) is 0 Å². The highest BCUT2D eigenvalue weighted by atomic mass is 32.1. The van der Waals surface area contributed by atoms with E-state index in [4.69, 9.17) is 5.73 Å². The summed E-state index contributed by atoms with van der Waals surface area (Å²) in [7, 11) is 0. The Balaban J connectivity index is 2.08. The fourth-order valence-corrected chi connectivity index (χ4v) is 2.39. The van der Waals surface area contributed by atoms with Gasteiger partial charge in [-0.1, -0.05) is 6.07 Å². The van der Waals surface area contributed by atoms with E-state index in [9.17, 15) is 13.6 Å². The van der Waals surface area contributed by atoms with Crippen LogP contribution in [-0.2, 0) is 11.2 Å². The average Bonchev–Trinajstić information content (AvgIpc) is 2.79. The van der Waals surface area contributed by atoms with Crippen molar-refractivity contribution in [1.82, 2.24) is 4.98 Å². The highest BCUT2D eigenvalue weighted by Crippen LogP contribution is 2.23. The van der Waals surface area contributed by atoms with Crippen LogP contribution in [0.4, 0.5) is 13.9 Å². The van der Waals surface area contributed by atoms with Gasteiger partial charge < -0.3 is 11.1 Å². The van der Waals surface area contributed by atoms with Crippen LogP contribution in [0, 0.1) is 11.6 Å². The van der Waals surface area contributed by atoms with Crippen molar-refractivity contribution in [3.05, 3.63) is 46.5 Å². The van der Waals surface area contributed by atoms with Crippen molar-refractivity contribution >= 4 is 22.4 Å². The van der Waals surface area contributed by atoms with Gasteiger partial charge in [0, 0.05) is 23.6 Å². The van der Waals surface area contributed by atoms with Gasteiger partial charge in [-0.15, -0.1) is 11.3 Å². The van der Waals surface area contributed by atoms with E-state index in [0.29, 0.717) is 10.7 Å². The Hall–Kier alpha value is -1.86. The van der Waals surface area contributed by atoms with E-state index in [1.807, 2.05) is 0 Å². The van der Waals surface area contributed by atoms with Gasteiger partial charge in [0.15, 0.2) is 5.13 Å². The lowest BCUT2D eigenvalue weighted by atomic mass is 10.1. The van der Waals surface area contributed by atoms with Crippen molar-refractivity contribution in [2.24, 2.45) is 5.73 Å². The number of benzene rings is 1. The number of nitrogens with two attached hydrogens (primary N) is 1. The molecule has 2 aromatic rings. The van der Waals surface area contributed by atoms with Crippen LogP contribution >= 0.6 is 11.3 Å². The van der Waals surface area contributed by atoms with E-state index in [-0.39, 0.29) is 12.3 Å². The molecule has 0 bridgehead atoms. The Morgan fingerprint density at radius 1 is 1.43 bits per heavy atom. The summed E-state index contributed by atoms with van der Waals surface area (Å²) in [5.41, 5.74) is 5.04. The molecule has 0 fully saturated rings. The van der Waals surface area contributed by atoms with Crippen molar-refractivity contribution in [3.63, 3.8) is 0 Å². The minimum Gasteiger partial charge on any atom is -0.318 e. The summed E-state index contributed by atoms with van der Waals surface area (Å²) in [6.45, 7) is 3.18. The number of carbonyl (C=O) groups is 1. The molecule has 0 aliphatic carbocycles. The predicted molar refractivity (Wildman–Crippen MR) is 78.2 cm³/mol. The minimum absolute atomic E-state index is 0.283. The van der Waals surface area contributed by atoms with Crippen LogP contribution in [0.5, 0.6) is 0 Å². The lowest BCUT2D eigenvalue weighted by molar-refractivity contribution is -0.120. The van der Waals surface area contributed by atoms with Crippen LogP contribution in [0.15, 0.2) is 24.4 Å². The van der Waals surface area contributed by atoms with Gasteiger partial charge in [0.2, 0.25) is 5.91 Å². The summed E-state index contributed by atoms with van der Waals surface area (Å²) in [5.74, 6) is -1.56. The number of nitrogens with zero attached hydrogens (tertiary/aromatic N) is 1. The summed E-state index contributed by atoms with van der Waals surface area (Å²) in [6, 6.07) is 3.45. The molecule has 112 valence electrons. The summed E-state index contributed by atoms with van der Waals surface area (Å²) in [6.07, 6.45) is 1.83. The molecule has 0 aliphatic rings. The summed E-state index contributed by atoms with van der Waals surface area (Å²) in [5, 5.41) is 3.00. The van der Waals surface area contributed by atoms with Crippen LogP contribution in [0.2, 0.25) is 0 Å². The molecule has 7 heteroatoms. The molecule has 0 radical (unpaired) electrons. The zero-order valence-electron chi connectivity index (χ0n) is 11.6. The van der Waals surface area contributed by atoms with Crippen LogP contribution < -0.4 is 11.1 Å². The maximum atomic E-state index is 13.6. The van der Waals surface area contributed by atoms with Crippen LogP contribution in [0.1, 0.15) is 24.3 Å². The molecule has 1 amide bonds. The van der Waals surface area contributed by atoms with Gasteiger partial charge in [0.05, 0.1) is 5.54 Å². The van der Waals surface area contributed by atoms with Gasteiger partial charge in [-0.3, -0.25) is 4.79 Å². The molecular weight excluding hydrogens is 296 g/mol. The maximum absolute atomic E-state index is 13.6. The zero-order valence-corrected chi connectivity index (χ0v) is 12.4. The van der Waals surface area contributed by atoms with Gasteiger partial charge in [-0.05, 0) is 25.5 Å². The van der Waals surface area contributed by atoms with E-state index in [1.54, 1.807) is 20.0 Å². The van der Waals surface area contributed by atoms with Crippen molar-refractivity contribution in [1.29, 1.82) is 0 Å². The third-order valence-corrected chi connectivity index (χ3v) is 3.65. The molecular formula is C14H15F2N3OS. The number of anilines is 1. The second-order valence-corrected chi connectivity index (χ2v) is 6.34. The summed E-state index contributed by atoms with van der Waals surface area (Å²) in [4.78, 5) is 16.5.